The molecule has 3 rings (SSSR count). The number of ketones is 2. The highest BCUT2D eigenvalue weighted by Gasteiger charge is 2.43. The van der Waals surface area contributed by atoms with E-state index in [-0.39, 0.29) is 23.3 Å². The van der Waals surface area contributed by atoms with Gasteiger partial charge in [0.05, 0.1) is 6.42 Å². The molecule has 0 bridgehead atoms. The third-order valence-electron chi connectivity index (χ3n) is 3.57. The summed E-state index contributed by atoms with van der Waals surface area (Å²) in [5.74, 6) is -1.89. The first kappa shape index (κ1) is 14.2. The summed E-state index contributed by atoms with van der Waals surface area (Å²) < 4.78 is 10.1. The summed E-state index contributed by atoms with van der Waals surface area (Å²) in [6.45, 7) is 1.21. The fourth-order valence-corrected chi connectivity index (χ4v) is 2.66. The molecule has 0 N–H and O–H groups in total. The maximum absolute atomic E-state index is 12.5. The molecule has 1 saturated heterocycles. The van der Waals surface area contributed by atoms with Crippen LogP contribution in [0.15, 0.2) is 35.9 Å². The first-order chi connectivity index (χ1) is 10.5. The molecule has 0 unspecified atom stereocenters. The Hall–Kier alpha value is -2.76. The number of rotatable bonds is 2. The monoisotopic (exact) mass is 300 g/mol. The fraction of sp³-hybridized carbons (Fsp3) is 0.250. The number of fused-ring (bicyclic) bond motifs is 1. The van der Waals surface area contributed by atoms with Gasteiger partial charge in [-0.3, -0.25) is 19.2 Å². The SMILES string of the molecule is CC(=O)O[C@@H]1CC(=O)O[C@@H]1C1=CC(=O)c2ccccc2C1=O. The van der Waals surface area contributed by atoms with Gasteiger partial charge in [-0.1, -0.05) is 24.3 Å². The van der Waals surface area contributed by atoms with Crippen LogP contribution in [0.2, 0.25) is 0 Å². The van der Waals surface area contributed by atoms with Crippen LogP contribution in [0.1, 0.15) is 34.1 Å². The van der Waals surface area contributed by atoms with Gasteiger partial charge in [-0.25, -0.2) is 0 Å². The number of carbonyl (C=O) groups is 4. The van der Waals surface area contributed by atoms with Crippen molar-refractivity contribution in [1.82, 2.24) is 0 Å². The molecular formula is C16H12O6. The number of cyclic esters (lactones) is 1. The van der Waals surface area contributed by atoms with E-state index in [1.807, 2.05) is 0 Å². The number of Topliss-reactive ketones (excluding diaryl/α,β-unsaturated/α-hetero) is 1. The summed E-state index contributed by atoms with van der Waals surface area (Å²) in [6, 6.07) is 6.42. The Labute approximate surface area is 125 Å². The van der Waals surface area contributed by atoms with Crippen LogP contribution in [-0.4, -0.2) is 35.7 Å². The van der Waals surface area contributed by atoms with E-state index in [4.69, 9.17) is 9.47 Å². The number of allylic oxidation sites excluding steroid dienone is 1. The van der Waals surface area contributed by atoms with Gasteiger partial charge >= 0.3 is 11.9 Å². The van der Waals surface area contributed by atoms with Crippen LogP contribution >= 0.6 is 0 Å². The first-order valence-corrected chi connectivity index (χ1v) is 6.73. The average Bonchev–Trinajstić information content (AvgIpc) is 2.82. The molecule has 2 aliphatic rings. The van der Waals surface area contributed by atoms with Crippen molar-refractivity contribution in [2.24, 2.45) is 0 Å². The Bertz CT molecular complexity index is 730. The fourth-order valence-electron chi connectivity index (χ4n) is 2.66. The summed E-state index contributed by atoms with van der Waals surface area (Å²) in [5.41, 5.74) is 0.611. The van der Waals surface area contributed by atoms with Crippen LogP contribution in [0.25, 0.3) is 0 Å². The summed E-state index contributed by atoms with van der Waals surface area (Å²) in [5, 5.41) is 0. The Morgan fingerprint density at radius 2 is 1.86 bits per heavy atom. The second-order valence-corrected chi connectivity index (χ2v) is 5.10. The van der Waals surface area contributed by atoms with Crippen LogP contribution in [-0.2, 0) is 19.1 Å². The van der Waals surface area contributed by atoms with Gasteiger partial charge in [-0.15, -0.1) is 0 Å². The van der Waals surface area contributed by atoms with Crippen LogP contribution in [0.3, 0.4) is 0 Å². The van der Waals surface area contributed by atoms with E-state index >= 15 is 0 Å². The molecule has 0 radical (unpaired) electrons. The molecule has 6 nitrogen and oxygen atoms in total. The lowest BCUT2D eigenvalue weighted by atomic mass is 9.86. The van der Waals surface area contributed by atoms with Crippen molar-refractivity contribution in [3.63, 3.8) is 0 Å². The van der Waals surface area contributed by atoms with Crippen molar-refractivity contribution < 1.29 is 28.7 Å². The number of benzene rings is 1. The van der Waals surface area contributed by atoms with E-state index < -0.39 is 29.9 Å². The number of hydrogen-bond donors (Lipinski definition) is 0. The molecule has 1 aromatic carbocycles. The molecule has 6 heteroatoms. The number of esters is 2. The predicted molar refractivity (Wildman–Crippen MR) is 73.2 cm³/mol. The molecule has 1 fully saturated rings. The van der Waals surface area contributed by atoms with Crippen molar-refractivity contribution in [3.05, 3.63) is 47.0 Å². The highest BCUT2D eigenvalue weighted by molar-refractivity contribution is 6.25. The first-order valence-electron chi connectivity index (χ1n) is 6.73. The predicted octanol–water partition coefficient (Wildman–Crippen LogP) is 1.24. The van der Waals surface area contributed by atoms with E-state index in [0.717, 1.165) is 6.08 Å². The van der Waals surface area contributed by atoms with Gasteiger partial charge in [-0.05, 0) is 6.08 Å². The summed E-state index contributed by atoms with van der Waals surface area (Å²) in [6.07, 6.45) is -0.908. The van der Waals surface area contributed by atoms with Gasteiger partial charge in [0.2, 0.25) is 0 Å². The van der Waals surface area contributed by atoms with Crippen molar-refractivity contribution in [2.75, 3.05) is 0 Å². The third kappa shape index (κ3) is 2.32. The Morgan fingerprint density at radius 3 is 2.55 bits per heavy atom. The molecule has 0 saturated carbocycles. The average molecular weight is 300 g/mol. The minimum absolute atomic E-state index is 0.0424. The van der Waals surface area contributed by atoms with Gasteiger partial charge in [0, 0.05) is 23.6 Å². The molecule has 1 heterocycles. The molecule has 0 aromatic heterocycles. The topological polar surface area (TPSA) is 86.7 Å². The van der Waals surface area contributed by atoms with E-state index in [1.54, 1.807) is 24.3 Å². The second kappa shape index (κ2) is 5.22. The lowest BCUT2D eigenvalue weighted by Gasteiger charge is -2.22. The Morgan fingerprint density at radius 1 is 1.18 bits per heavy atom. The highest BCUT2D eigenvalue weighted by atomic mass is 16.6. The molecule has 0 amide bonds. The molecule has 1 aliphatic heterocycles. The van der Waals surface area contributed by atoms with Crippen molar-refractivity contribution in [1.29, 1.82) is 0 Å². The normalized spacial score (nSPS) is 23.7. The zero-order valence-electron chi connectivity index (χ0n) is 11.7. The third-order valence-corrected chi connectivity index (χ3v) is 3.57. The largest absolute Gasteiger partial charge is 0.458 e. The van der Waals surface area contributed by atoms with Gasteiger partial charge in [-0.2, -0.15) is 0 Å². The van der Waals surface area contributed by atoms with Crippen molar-refractivity contribution >= 4 is 23.5 Å². The maximum Gasteiger partial charge on any atom is 0.310 e. The molecule has 1 aliphatic carbocycles. The molecule has 2 atom stereocenters. The second-order valence-electron chi connectivity index (χ2n) is 5.10. The maximum atomic E-state index is 12.5. The van der Waals surface area contributed by atoms with Gasteiger partial charge in [0.25, 0.3) is 0 Å². The molecule has 112 valence electrons. The van der Waals surface area contributed by atoms with Crippen molar-refractivity contribution in [3.8, 4) is 0 Å². The van der Waals surface area contributed by atoms with Crippen molar-refractivity contribution in [2.45, 2.75) is 25.6 Å². The minimum atomic E-state index is -1.04. The lowest BCUT2D eigenvalue weighted by molar-refractivity contribution is -0.149. The summed E-state index contributed by atoms with van der Waals surface area (Å²) >= 11 is 0. The Balaban J connectivity index is 1.98. The summed E-state index contributed by atoms with van der Waals surface area (Å²) in [7, 11) is 0. The Kier molecular flexibility index (Phi) is 3.36. The quantitative estimate of drug-likeness (QED) is 0.764. The smallest absolute Gasteiger partial charge is 0.310 e. The van der Waals surface area contributed by atoms with E-state index in [1.165, 1.54) is 6.92 Å². The molecule has 1 aromatic rings. The number of ether oxygens (including phenoxy) is 2. The van der Waals surface area contributed by atoms with E-state index in [2.05, 4.69) is 0 Å². The molecular weight excluding hydrogens is 288 g/mol. The highest BCUT2D eigenvalue weighted by Crippen LogP contribution is 2.31. The van der Waals surface area contributed by atoms with Crippen LogP contribution < -0.4 is 0 Å². The van der Waals surface area contributed by atoms with Crippen LogP contribution in [0.5, 0.6) is 0 Å². The zero-order chi connectivity index (χ0) is 15.9. The number of hydrogen-bond acceptors (Lipinski definition) is 6. The zero-order valence-corrected chi connectivity index (χ0v) is 11.7. The van der Waals surface area contributed by atoms with E-state index in [0.29, 0.717) is 5.56 Å². The van der Waals surface area contributed by atoms with Crippen LogP contribution in [0.4, 0.5) is 0 Å². The minimum Gasteiger partial charge on any atom is -0.458 e. The van der Waals surface area contributed by atoms with Crippen LogP contribution in [0, 0.1) is 0 Å². The van der Waals surface area contributed by atoms with Gasteiger partial charge in [0.1, 0.15) is 0 Å². The molecule has 22 heavy (non-hydrogen) atoms. The molecule has 0 spiro atoms. The lowest BCUT2D eigenvalue weighted by Crippen LogP contribution is -2.33. The van der Waals surface area contributed by atoms with Gasteiger partial charge in [0.15, 0.2) is 23.8 Å². The summed E-state index contributed by atoms with van der Waals surface area (Å²) in [4.78, 5) is 47.3. The number of carbonyl (C=O) groups excluding carboxylic acids is 4. The van der Waals surface area contributed by atoms with Gasteiger partial charge < -0.3 is 9.47 Å². The van der Waals surface area contributed by atoms with E-state index in [9.17, 15) is 19.2 Å². The standard InChI is InChI=1S/C16H12O6/c1-8(17)21-13-7-14(19)22-16(13)11-6-12(18)9-4-2-3-5-10(9)15(11)20/h2-6,13,16H,7H2,1H3/t13-,16-/m1/s1.